The van der Waals surface area contributed by atoms with E-state index in [-0.39, 0.29) is 4.75 Å². The third-order valence-corrected chi connectivity index (χ3v) is 3.72. The molecule has 4 heteroatoms. The Morgan fingerprint density at radius 2 is 2.24 bits per heavy atom. The summed E-state index contributed by atoms with van der Waals surface area (Å²) in [6.07, 6.45) is 4.91. The molecule has 0 amide bonds. The number of nitrogens with zero attached hydrogens (tertiary/aromatic N) is 1. The summed E-state index contributed by atoms with van der Waals surface area (Å²) in [5, 5.41) is 3.36. The average Bonchev–Trinajstić information content (AvgIpc) is 2.35. The van der Waals surface area contributed by atoms with Crippen molar-refractivity contribution in [3.8, 4) is 5.75 Å². The largest absolute Gasteiger partial charge is 0.490 e. The van der Waals surface area contributed by atoms with Gasteiger partial charge in [0.15, 0.2) is 11.6 Å². The molecule has 1 rings (SSSR count). The average molecular weight is 254 g/mol. The number of aromatic nitrogens is 1. The Morgan fingerprint density at radius 3 is 2.88 bits per heavy atom. The first-order chi connectivity index (χ1) is 8.09. The Kier molecular flexibility index (Phi) is 5.62. The van der Waals surface area contributed by atoms with Gasteiger partial charge in [-0.2, -0.15) is 11.8 Å². The van der Waals surface area contributed by atoms with Crippen LogP contribution >= 0.6 is 11.8 Å². The van der Waals surface area contributed by atoms with Crippen molar-refractivity contribution in [2.75, 3.05) is 24.7 Å². The predicted octanol–water partition coefficient (Wildman–Crippen LogP) is 3.42. The van der Waals surface area contributed by atoms with Crippen LogP contribution in [-0.2, 0) is 0 Å². The third-order valence-electron chi connectivity index (χ3n) is 2.47. The lowest BCUT2D eigenvalue weighted by atomic mass is 10.2. The van der Waals surface area contributed by atoms with Gasteiger partial charge in [-0.05, 0) is 38.7 Å². The number of nitrogens with one attached hydrogen (secondary N) is 1. The fraction of sp³-hybridized carbons (Fsp3) is 0.615. The molecule has 0 bridgehead atoms. The summed E-state index contributed by atoms with van der Waals surface area (Å²) in [6, 6.07) is 3.85. The molecule has 0 spiro atoms. The first kappa shape index (κ1) is 14.2. The minimum atomic E-state index is 0.194. The number of hydrogen-bond donors (Lipinski definition) is 1. The van der Waals surface area contributed by atoms with Gasteiger partial charge in [0.05, 0.1) is 6.61 Å². The monoisotopic (exact) mass is 254 g/mol. The van der Waals surface area contributed by atoms with Gasteiger partial charge in [-0.15, -0.1) is 0 Å². The Labute approximate surface area is 108 Å². The van der Waals surface area contributed by atoms with Crippen molar-refractivity contribution in [2.45, 2.75) is 31.9 Å². The number of pyridine rings is 1. The highest BCUT2D eigenvalue weighted by atomic mass is 32.2. The Hall–Kier alpha value is -0.900. The highest BCUT2D eigenvalue weighted by Crippen LogP contribution is 2.25. The molecule has 1 heterocycles. The van der Waals surface area contributed by atoms with E-state index in [1.54, 1.807) is 6.20 Å². The normalized spacial score (nSPS) is 11.3. The summed E-state index contributed by atoms with van der Waals surface area (Å²) in [5.41, 5.74) is 0. The van der Waals surface area contributed by atoms with Crippen molar-refractivity contribution in [1.82, 2.24) is 4.98 Å². The van der Waals surface area contributed by atoms with Gasteiger partial charge in [0, 0.05) is 17.5 Å². The van der Waals surface area contributed by atoms with Gasteiger partial charge in [-0.25, -0.2) is 4.98 Å². The molecule has 0 unspecified atom stereocenters. The number of hydrogen-bond acceptors (Lipinski definition) is 4. The molecule has 0 aliphatic heterocycles. The maximum absolute atomic E-state index is 5.65. The SMILES string of the molecule is CCCOc1cccnc1NCC(C)(C)SC. The van der Waals surface area contributed by atoms with E-state index in [0.29, 0.717) is 0 Å². The van der Waals surface area contributed by atoms with E-state index in [4.69, 9.17) is 4.74 Å². The van der Waals surface area contributed by atoms with Crippen LogP contribution < -0.4 is 10.1 Å². The zero-order valence-electron chi connectivity index (χ0n) is 11.1. The highest BCUT2D eigenvalue weighted by Gasteiger charge is 2.16. The molecule has 0 fully saturated rings. The van der Waals surface area contributed by atoms with E-state index in [1.807, 2.05) is 23.9 Å². The first-order valence-electron chi connectivity index (χ1n) is 5.96. The predicted molar refractivity (Wildman–Crippen MR) is 76.1 cm³/mol. The van der Waals surface area contributed by atoms with Gasteiger partial charge < -0.3 is 10.1 Å². The minimum Gasteiger partial charge on any atom is -0.490 e. The molecule has 1 aromatic rings. The zero-order valence-corrected chi connectivity index (χ0v) is 11.9. The molecular weight excluding hydrogens is 232 g/mol. The molecular formula is C13H22N2OS. The van der Waals surface area contributed by atoms with E-state index >= 15 is 0 Å². The zero-order chi connectivity index (χ0) is 12.7. The van der Waals surface area contributed by atoms with Crippen LogP contribution in [0.5, 0.6) is 5.75 Å². The van der Waals surface area contributed by atoms with E-state index in [2.05, 4.69) is 37.3 Å². The maximum atomic E-state index is 5.65. The quantitative estimate of drug-likeness (QED) is 0.808. The van der Waals surface area contributed by atoms with E-state index in [9.17, 15) is 0 Å². The molecule has 0 radical (unpaired) electrons. The molecule has 0 aliphatic rings. The molecule has 1 N–H and O–H groups in total. The Balaban J connectivity index is 2.63. The lowest BCUT2D eigenvalue weighted by Crippen LogP contribution is -2.26. The summed E-state index contributed by atoms with van der Waals surface area (Å²) in [7, 11) is 0. The maximum Gasteiger partial charge on any atom is 0.168 e. The van der Waals surface area contributed by atoms with Crippen molar-refractivity contribution >= 4 is 17.6 Å². The number of thioether (sulfide) groups is 1. The molecule has 0 aliphatic carbocycles. The molecule has 1 aromatic heterocycles. The summed E-state index contributed by atoms with van der Waals surface area (Å²) < 4.78 is 5.85. The number of rotatable bonds is 7. The second-order valence-corrected chi connectivity index (χ2v) is 6.03. The summed E-state index contributed by atoms with van der Waals surface area (Å²) in [5.74, 6) is 1.68. The molecule has 0 saturated heterocycles. The van der Waals surface area contributed by atoms with E-state index < -0.39 is 0 Å². The van der Waals surface area contributed by atoms with Crippen LogP contribution in [0.4, 0.5) is 5.82 Å². The van der Waals surface area contributed by atoms with Crippen molar-refractivity contribution in [2.24, 2.45) is 0 Å². The Morgan fingerprint density at radius 1 is 1.47 bits per heavy atom. The van der Waals surface area contributed by atoms with Crippen LogP contribution in [0.3, 0.4) is 0 Å². The fourth-order valence-corrected chi connectivity index (χ4v) is 1.44. The topological polar surface area (TPSA) is 34.1 Å². The van der Waals surface area contributed by atoms with Crippen molar-refractivity contribution in [1.29, 1.82) is 0 Å². The molecule has 0 aromatic carbocycles. The molecule has 17 heavy (non-hydrogen) atoms. The van der Waals surface area contributed by atoms with Crippen LogP contribution in [0.1, 0.15) is 27.2 Å². The van der Waals surface area contributed by atoms with Crippen LogP contribution in [-0.4, -0.2) is 29.1 Å². The van der Waals surface area contributed by atoms with Gasteiger partial charge in [0.2, 0.25) is 0 Å². The van der Waals surface area contributed by atoms with Gasteiger partial charge in [-0.1, -0.05) is 6.92 Å². The fourth-order valence-electron chi connectivity index (χ4n) is 1.22. The smallest absolute Gasteiger partial charge is 0.168 e. The van der Waals surface area contributed by atoms with Crippen molar-refractivity contribution < 1.29 is 4.74 Å². The summed E-state index contributed by atoms with van der Waals surface area (Å²) >= 11 is 1.84. The lowest BCUT2D eigenvalue weighted by Gasteiger charge is -2.23. The van der Waals surface area contributed by atoms with Crippen LogP contribution in [0, 0.1) is 0 Å². The molecule has 0 atom stereocenters. The van der Waals surface area contributed by atoms with Gasteiger partial charge in [-0.3, -0.25) is 0 Å². The van der Waals surface area contributed by atoms with Crippen molar-refractivity contribution in [3.05, 3.63) is 18.3 Å². The molecule has 0 saturated carbocycles. The van der Waals surface area contributed by atoms with Gasteiger partial charge >= 0.3 is 0 Å². The molecule has 3 nitrogen and oxygen atoms in total. The standard InChI is InChI=1S/C13H22N2OS/c1-5-9-16-11-7-6-8-14-12(11)15-10-13(2,3)17-4/h6-8H,5,9-10H2,1-4H3,(H,14,15). The van der Waals surface area contributed by atoms with Crippen LogP contribution in [0.2, 0.25) is 0 Å². The lowest BCUT2D eigenvalue weighted by molar-refractivity contribution is 0.317. The van der Waals surface area contributed by atoms with Crippen LogP contribution in [0.25, 0.3) is 0 Å². The van der Waals surface area contributed by atoms with Gasteiger partial charge in [0.25, 0.3) is 0 Å². The first-order valence-corrected chi connectivity index (χ1v) is 7.18. The third kappa shape index (κ3) is 4.86. The highest BCUT2D eigenvalue weighted by molar-refractivity contribution is 7.99. The second kappa shape index (κ2) is 6.74. The number of ether oxygens (including phenoxy) is 1. The van der Waals surface area contributed by atoms with E-state index in [1.165, 1.54) is 0 Å². The second-order valence-electron chi connectivity index (χ2n) is 4.52. The Bertz CT molecular complexity index is 342. The summed E-state index contributed by atoms with van der Waals surface area (Å²) in [4.78, 5) is 4.32. The summed E-state index contributed by atoms with van der Waals surface area (Å²) in [6.45, 7) is 8.11. The minimum absolute atomic E-state index is 0.194. The molecule has 96 valence electrons. The van der Waals surface area contributed by atoms with Crippen LogP contribution in [0.15, 0.2) is 18.3 Å². The van der Waals surface area contributed by atoms with Crippen molar-refractivity contribution in [3.63, 3.8) is 0 Å². The number of anilines is 1. The van der Waals surface area contributed by atoms with Gasteiger partial charge in [0.1, 0.15) is 0 Å². The van der Waals surface area contributed by atoms with E-state index in [0.717, 1.165) is 31.1 Å².